The van der Waals surface area contributed by atoms with E-state index in [1.807, 2.05) is 0 Å². The molecule has 0 aliphatic carbocycles. The third-order valence-corrected chi connectivity index (χ3v) is 3.40. The van der Waals surface area contributed by atoms with E-state index in [0.717, 1.165) is 12.1 Å². The molecule has 3 aromatic rings. The molecule has 8 heteroatoms. The van der Waals surface area contributed by atoms with Crippen molar-refractivity contribution in [2.45, 2.75) is 0 Å². The average Bonchev–Trinajstić information content (AvgIpc) is 2.56. The van der Waals surface area contributed by atoms with Gasteiger partial charge in [0.05, 0.1) is 11.7 Å². The number of pyridine rings is 1. The summed E-state index contributed by atoms with van der Waals surface area (Å²) >= 11 is 0. The van der Waals surface area contributed by atoms with Crippen molar-refractivity contribution in [2.75, 3.05) is 0 Å². The first-order valence-electron chi connectivity index (χ1n) is 7.09. The number of hydrogen-bond acceptors (Lipinski definition) is 4. The highest BCUT2D eigenvalue weighted by atomic mass is 19.1. The molecule has 3 N–H and O–H groups in total. The summed E-state index contributed by atoms with van der Waals surface area (Å²) in [7, 11) is 0. The van der Waals surface area contributed by atoms with Crippen molar-refractivity contribution < 1.29 is 18.7 Å². The van der Waals surface area contributed by atoms with Crippen LogP contribution in [0.3, 0.4) is 0 Å². The summed E-state index contributed by atoms with van der Waals surface area (Å²) in [5.74, 6) is -2.75. The minimum atomic E-state index is -0.988. The zero-order valence-corrected chi connectivity index (χ0v) is 12.6. The highest BCUT2D eigenvalue weighted by Gasteiger charge is 2.19. The van der Waals surface area contributed by atoms with E-state index in [1.165, 1.54) is 30.5 Å². The number of amides is 1. The van der Waals surface area contributed by atoms with Crippen LogP contribution in [0.4, 0.5) is 8.78 Å². The molecule has 0 saturated carbocycles. The van der Waals surface area contributed by atoms with Gasteiger partial charge in [-0.2, -0.15) is 5.10 Å². The first kappa shape index (κ1) is 16.3. The van der Waals surface area contributed by atoms with Crippen LogP contribution in [0.15, 0.2) is 52.4 Å². The van der Waals surface area contributed by atoms with Gasteiger partial charge in [-0.15, -0.1) is 0 Å². The van der Waals surface area contributed by atoms with Crippen LogP contribution in [0.2, 0.25) is 0 Å². The van der Waals surface area contributed by atoms with Crippen LogP contribution < -0.4 is 11.0 Å². The summed E-state index contributed by atoms with van der Waals surface area (Å²) < 4.78 is 26.4. The highest BCUT2D eigenvalue weighted by Crippen LogP contribution is 2.25. The van der Waals surface area contributed by atoms with E-state index in [2.05, 4.69) is 15.5 Å². The number of carbonyl (C=O) groups is 1. The zero-order valence-electron chi connectivity index (χ0n) is 12.6. The highest BCUT2D eigenvalue weighted by molar-refractivity contribution is 6.02. The fraction of sp³-hybridized carbons (Fsp3) is 0. The van der Waals surface area contributed by atoms with Crippen LogP contribution in [0, 0.1) is 11.6 Å². The Bertz CT molecular complexity index is 1060. The molecule has 2 aromatic carbocycles. The number of rotatable bonds is 3. The quantitative estimate of drug-likeness (QED) is 0.503. The lowest BCUT2D eigenvalue weighted by Gasteiger charge is -2.06. The van der Waals surface area contributed by atoms with Crippen molar-refractivity contribution >= 4 is 23.0 Å². The van der Waals surface area contributed by atoms with Crippen molar-refractivity contribution in [1.29, 1.82) is 0 Å². The maximum atomic E-state index is 13.3. The average molecular weight is 343 g/mol. The smallest absolute Gasteiger partial charge is 0.280 e. The van der Waals surface area contributed by atoms with Gasteiger partial charge in [0.25, 0.3) is 11.5 Å². The lowest BCUT2D eigenvalue weighted by atomic mass is 10.1. The van der Waals surface area contributed by atoms with E-state index in [1.54, 1.807) is 6.07 Å². The Hall–Kier alpha value is -3.55. The third-order valence-electron chi connectivity index (χ3n) is 3.40. The van der Waals surface area contributed by atoms with Gasteiger partial charge < -0.3 is 10.1 Å². The van der Waals surface area contributed by atoms with Gasteiger partial charge in [0.2, 0.25) is 0 Å². The fourth-order valence-corrected chi connectivity index (χ4v) is 2.27. The number of carbonyl (C=O) groups excluding carboxylic acids is 1. The number of aromatic amines is 1. The standard InChI is InChI=1S/C17H11F2N3O3/c18-10-3-1-2-9(6-10)8-20-22-17(25)14-15(23)12-7-11(19)4-5-13(12)21-16(14)24/h1-8H,(H,22,25)(H2,21,23,24). The van der Waals surface area contributed by atoms with Gasteiger partial charge in [-0.25, -0.2) is 14.2 Å². The number of halogens is 2. The number of H-pyrrole nitrogens is 1. The molecule has 3 rings (SSSR count). The van der Waals surface area contributed by atoms with Crippen LogP contribution in [-0.4, -0.2) is 22.2 Å². The number of aromatic nitrogens is 1. The van der Waals surface area contributed by atoms with E-state index in [-0.39, 0.29) is 10.9 Å². The van der Waals surface area contributed by atoms with Crippen molar-refractivity contribution in [3.63, 3.8) is 0 Å². The van der Waals surface area contributed by atoms with E-state index in [0.29, 0.717) is 5.56 Å². The number of aromatic hydroxyl groups is 1. The largest absolute Gasteiger partial charge is 0.506 e. The maximum Gasteiger partial charge on any atom is 0.280 e. The number of hydrogen-bond donors (Lipinski definition) is 3. The Morgan fingerprint density at radius 3 is 2.68 bits per heavy atom. The van der Waals surface area contributed by atoms with Crippen molar-refractivity contribution in [3.05, 3.63) is 75.6 Å². The summed E-state index contributed by atoms with van der Waals surface area (Å²) in [5.41, 5.74) is 1.18. The molecular weight excluding hydrogens is 332 g/mol. The molecule has 1 heterocycles. The molecule has 1 amide bonds. The summed E-state index contributed by atoms with van der Waals surface area (Å²) in [4.78, 5) is 26.5. The van der Waals surface area contributed by atoms with Gasteiger partial charge in [-0.3, -0.25) is 9.59 Å². The number of nitrogens with one attached hydrogen (secondary N) is 2. The van der Waals surface area contributed by atoms with E-state index < -0.39 is 34.4 Å². The molecule has 0 aliphatic heterocycles. The van der Waals surface area contributed by atoms with Crippen LogP contribution in [0.1, 0.15) is 15.9 Å². The Labute approximate surface area is 139 Å². The van der Waals surface area contributed by atoms with Gasteiger partial charge >= 0.3 is 0 Å². The SMILES string of the molecule is O=C(NN=Cc1cccc(F)c1)c1c(O)c2cc(F)ccc2[nH]c1=O. The maximum absolute atomic E-state index is 13.3. The Balaban J connectivity index is 1.90. The minimum absolute atomic E-state index is 0.0149. The van der Waals surface area contributed by atoms with Gasteiger partial charge in [0.15, 0.2) is 0 Å². The molecule has 0 spiro atoms. The Morgan fingerprint density at radius 2 is 1.92 bits per heavy atom. The van der Waals surface area contributed by atoms with Gasteiger partial charge in [0.1, 0.15) is 22.9 Å². The second-order valence-corrected chi connectivity index (χ2v) is 5.12. The second-order valence-electron chi connectivity index (χ2n) is 5.12. The molecule has 0 fully saturated rings. The number of hydrazone groups is 1. The van der Waals surface area contributed by atoms with Crippen LogP contribution in [0.25, 0.3) is 10.9 Å². The predicted octanol–water partition coefficient (Wildman–Crippen LogP) is 2.28. The van der Waals surface area contributed by atoms with Crippen molar-refractivity contribution in [1.82, 2.24) is 10.4 Å². The fourth-order valence-electron chi connectivity index (χ4n) is 2.27. The minimum Gasteiger partial charge on any atom is -0.506 e. The molecule has 0 atom stereocenters. The summed E-state index contributed by atoms with van der Waals surface area (Å²) in [6, 6.07) is 8.85. The number of fused-ring (bicyclic) bond motifs is 1. The monoisotopic (exact) mass is 343 g/mol. The normalized spacial score (nSPS) is 11.1. The Kier molecular flexibility index (Phi) is 4.25. The molecule has 0 bridgehead atoms. The lowest BCUT2D eigenvalue weighted by molar-refractivity contribution is 0.0951. The molecule has 0 aliphatic rings. The van der Waals surface area contributed by atoms with Crippen molar-refractivity contribution in [3.8, 4) is 5.75 Å². The van der Waals surface area contributed by atoms with Gasteiger partial charge in [0, 0.05) is 5.39 Å². The first-order chi connectivity index (χ1) is 12.0. The number of nitrogens with zero attached hydrogens (tertiary/aromatic N) is 1. The molecule has 1 aromatic heterocycles. The van der Waals surface area contributed by atoms with Gasteiger partial charge in [-0.05, 0) is 35.9 Å². The third kappa shape index (κ3) is 3.37. The zero-order chi connectivity index (χ0) is 18.0. The molecule has 0 saturated heterocycles. The number of benzene rings is 2. The second kappa shape index (κ2) is 6.52. The van der Waals surface area contributed by atoms with E-state index in [9.17, 15) is 23.5 Å². The molecule has 0 unspecified atom stereocenters. The molecule has 126 valence electrons. The van der Waals surface area contributed by atoms with Crippen LogP contribution >= 0.6 is 0 Å². The Morgan fingerprint density at radius 1 is 1.16 bits per heavy atom. The summed E-state index contributed by atoms with van der Waals surface area (Å²) in [5, 5.41) is 13.7. The van der Waals surface area contributed by atoms with Crippen LogP contribution in [0.5, 0.6) is 5.75 Å². The van der Waals surface area contributed by atoms with Gasteiger partial charge in [-0.1, -0.05) is 12.1 Å². The topological polar surface area (TPSA) is 94.5 Å². The first-order valence-corrected chi connectivity index (χ1v) is 7.09. The predicted molar refractivity (Wildman–Crippen MR) is 87.7 cm³/mol. The molecular formula is C17H11F2N3O3. The van der Waals surface area contributed by atoms with Crippen molar-refractivity contribution in [2.24, 2.45) is 5.10 Å². The molecule has 6 nitrogen and oxygen atoms in total. The lowest BCUT2D eigenvalue weighted by Crippen LogP contribution is -2.26. The van der Waals surface area contributed by atoms with Crippen LogP contribution in [-0.2, 0) is 0 Å². The molecule has 0 radical (unpaired) electrons. The summed E-state index contributed by atoms with van der Waals surface area (Å²) in [6.45, 7) is 0. The molecule has 25 heavy (non-hydrogen) atoms. The van der Waals surface area contributed by atoms with E-state index >= 15 is 0 Å². The summed E-state index contributed by atoms with van der Waals surface area (Å²) in [6.07, 6.45) is 1.17. The van der Waals surface area contributed by atoms with E-state index in [4.69, 9.17) is 0 Å².